The molecule has 28 heavy (non-hydrogen) atoms. The smallest absolute Gasteiger partial charge is 0.207 e. The molecule has 0 aromatic carbocycles. The molecule has 0 radical (unpaired) electrons. The van der Waals surface area contributed by atoms with Crippen molar-refractivity contribution in [3.63, 3.8) is 0 Å². The van der Waals surface area contributed by atoms with Gasteiger partial charge in [0.2, 0.25) is 6.41 Å². The molecule has 1 amide bonds. The van der Waals surface area contributed by atoms with Crippen LogP contribution in [0.4, 0.5) is 11.5 Å². The summed E-state index contributed by atoms with van der Waals surface area (Å²) >= 11 is 0. The average molecular weight is 382 g/mol. The molecular weight excluding hydrogens is 350 g/mol. The lowest BCUT2D eigenvalue weighted by Crippen LogP contribution is -2.26. The summed E-state index contributed by atoms with van der Waals surface area (Å²) in [5.74, 6) is 1.06. The topological polar surface area (TPSA) is 84.1 Å². The first-order chi connectivity index (χ1) is 13.8. The van der Waals surface area contributed by atoms with Crippen molar-refractivity contribution in [3.05, 3.63) is 54.0 Å². The normalized spacial score (nSPS) is 12.4. The second kappa shape index (κ2) is 11.9. The largest absolute Gasteiger partial charge is 0.359 e. The van der Waals surface area contributed by atoms with Crippen LogP contribution in [0, 0.1) is 0 Å². The van der Waals surface area contributed by atoms with Gasteiger partial charge in [-0.25, -0.2) is 4.98 Å². The zero-order valence-electron chi connectivity index (χ0n) is 16.7. The predicted octanol–water partition coefficient (Wildman–Crippen LogP) is 3.24. The molecule has 0 aliphatic carbocycles. The van der Waals surface area contributed by atoms with E-state index in [0.717, 1.165) is 75.2 Å². The van der Waals surface area contributed by atoms with Crippen molar-refractivity contribution in [2.45, 2.75) is 38.5 Å². The monoisotopic (exact) mass is 381 g/mol. The molecular formula is C22H31N5O. The van der Waals surface area contributed by atoms with E-state index in [-0.39, 0.29) is 0 Å². The molecule has 2 aromatic rings. The number of hydrogen-bond acceptors (Lipinski definition) is 5. The third-order valence-electron chi connectivity index (χ3n) is 4.74. The average Bonchev–Trinajstić information content (AvgIpc) is 2.77. The van der Waals surface area contributed by atoms with Gasteiger partial charge in [-0.05, 0) is 68.5 Å². The number of carbonyl (C=O) groups excluding carboxylic acids is 1. The van der Waals surface area contributed by atoms with Crippen LogP contribution in [-0.2, 0) is 17.6 Å². The second-order valence-corrected chi connectivity index (χ2v) is 6.61. The van der Waals surface area contributed by atoms with E-state index in [9.17, 15) is 4.79 Å². The number of carbonyl (C=O) groups is 1. The highest BCUT2D eigenvalue weighted by Gasteiger charge is 2.20. The Morgan fingerprint density at radius 3 is 2.79 bits per heavy atom. The Balaban J connectivity index is 0.00000136. The molecule has 0 fully saturated rings. The number of anilines is 2. The summed E-state index contributed by atoms with van der Waals surface area (Å²) in [6.45, 7) is 5.49. The first-order valence-electron chi connectivity index (χ1n) is 9.90. The first kappa shape index (κ1) is 21.6. The molecule has 150 valence electrons. The molecule has 3 N–H and O–H groups in total. The van der Waals surface area contributed by atoms with Crippen LogP contribution < -0.4 is 16.0 Å². The number of hydrogen-bond donors (Lipinski definition) is 2. The SMILES string of the molecule is C=Cc1ccc(N2CCCc3cc(CCCCCNC=O)cnc32)cn1.CN. The number of pyridine rings is 2. The van der Waals surface area contributed by atoms with Gasteiger partial charge < -0.3 is 16.0 Å². The van der Waals surface area contributed by atoms with Crippen LogP contribution >= 0.6 is 0 Å². The van der Waals surface area contributed by atoms with Crippen molar-refractivity contribution in [3.8, 4) is 0 Å². The highest BCUT2D eigenvalue weighted by molar-refractivity contribution is 5.64. The Morgan fingerprint density at radius 2 is 2.07 bits per heavy atom. The molecule has 3 rings (SSSR count). The molecule has 0 atom stereocenters. The number of nitrogens with two attached hydrogens (primary N) is 1. The number of aromatic nitrogens is 2. The van der Waals surface area contributed by atoms with E-state index in [1.54, 1.807) is 6.08 Å². The summed E-state index contributed by atoms with van der Waals surface area (Å²) in [7, 11) is 1.50. The molecule has 0 unspecified atom stereocenters. The molecule has 1 aliphatic heterocycles. The summed E-state index contributed by atoms with van der Waals surface area (Å²) in [4.78, 5) is 21.7. The number of aryl methyl sites for hydroxylation is 2. The predicted molar refractivity (Wildman–Crippen MR) is 116 cm³/mol. The quantitative estimate of drug-likeness (QED) is 0.515. The van der Waals surface area contributed by atoms with Crippen molar-refractivity contribution in [2.75, 3.05) is 25.0 Å². The number of unbranched alkanes of at least 4 members (excludes halogenated alkanes) is 2. The van der Waals surface area contributed by atoms with E-state index in [1.165, 1.54) is 18.2 Å². The Hall–Kier alpha value is -2.73. The maximum atomic E-state index is 10.2. The zero-order valence-corrected chi connectivity index (χ0v) is 16.7. The van der Waals surface area contributed by atoms with Gasteiger partial charge in [-0.15, -0.1) is 0 Å². The van der Waals surface area contributed by atoms with Gasteiger partial charge in [0.1, 0.15) is 5.82 Å². The van der Waals surface area contributed by atoms with E-state index in [2.05, 4.69) is 39.6 Å². The second-order valence-electron chi connectivity index (χ2n) is 6.61. The highest BCUT2D eigenvalue weighted by atomic mass is 16.1. The van der Waals surface area contributed by atoms with Gasteiger partial charge in [0, 0.05) is 19.3 Å². The molecule has 2 aromatic heterocycles. The molecule has 0 saturated heterocycles. The van der Waals surface area contributed by atoms with Gasteiger partial charge in [0.25, 0.3) is 0 Å². The van der Waals surface area contributed by atoms with Crippen LogP contribution in [0.5, 0.6) is 0 Å². The number of nitrogens with zero attached hydrogens (tertiary/aromatic N) is 3. The molecule has 1 aliphatic rings. The Morgan fingerprint density at radius 1 is 1.21 bits per heavy atom. The lowest BCUT2D eigenvalue weighted by Gasteiger charge is -2.30. The lowest BCUT2D eigenvalue weighted by molar-refractivity contribution is -0.109. The number of amides is 1. The highest BCUT2D eigenvalue weighted by Crippen LogP contribution is 2.32. The fourth-order valence-corrected chi connectivity index (χ4v) is 3.37. The Kier molecular flexibility index (Phi) is 9.15. The van der Waals surface area contributed by atoms with Crippen molar-refractivity contribution >= 4 is 24.0 Å². The van der Waals surface area contributed by atoms with Crippen LogP contribution in [0.15, 0.2) is 37.2 Å². The van der Waals surface area contributed by atoms with Gasteiger partial charge in [-0.2, -0.15) is 0 Å². The van der Waals surface area contributed by atoms with Crippen molar-refractivity contribution in [2.24, 2.45) is 5.73 Å². The number of fused-ring (bicyclic) bond motifs is 1. The van der Waals surface area contributed by atoms with Gasteiger partial charge in [0.15, 0.2) is 0 Å². The van der Waals surface area contributed by atoms with Crippen LogP contribution in [-0.4, -0.2) is 36.5 Å². The minimum atomic E-state index is 0.763. The minimum absolute atomic E-state index is 0.763. The van der Waals surface area contributed by atoms with E-state index < -0.39 is 0 Å². The zero-order chi connectivity index (χ0) is 20.2. The maximum absolute atomic E-state index is 10.2. The van der Waals surface area contributed by atoms with E-state index in [0.29, 0.717) is 0 Å². The fourth-order valence-electron chi connectivity index (χ4n) is 3.37. The van der Waals surface area contributed by atoms with Crippen molar-refractivity contribution in [1.82, 2.24) is 15.3 Å². The Labute approximate surface area is 167 Å². The van der Waals surface area contributed by atoms with Crippen LogP contribution in [0.1, 0.15) is 42.5 Å². The molecule has 0 saturated carbocycles. The van der Waals surface area contributed by atoms with E-state index >= 15 is 0 Å². The summed E-state index contributed by atoms with van der Waals surface area (Å²) in [6, 6.07) is 6.39. The minimum Gasteiger partial charge on any atom is -0.359 e. The van der Waals surface area contributed by atoms with Gasteiger partial charge in [-0.3, -0.25) is 9.78 Å². The molecule has 0 bridgehead atoms. The number of nitrogens with one attached hydrogen (secondary N) is 1. The molecule has 3 heterocycles. The van der Waals surface area contributed by atoms with Gasteiger partial charge >= 0.3 is 0 Å². The van der Waals surface area contributed by atoms with Crippen LogP contribution in [0.25, 0.3) is 6.08 Å². The fraction of sp³-hybridized carbons (Fsp3) is 0.409. The van der Waals surface area contributed by atoms with Crippen LogP contribution in [0.2, 0.25) is 0 Å². The summed E-state index contributed by atoms with van der Waals surface area (Å²) < 4.78 is 0. The number of rotatable bonds is 9. The van der Waals surface area contributed by atoms with Crippen LogP contribution in [0.3, 0.4) is 0 Å². The van der Waals surface area contributed by atoms with E-state index in [1.807, 2.05) is 18.5 Å². The Bertz CT molecular complexity index is 745. The van der Waals surface area contributed by atoms with Gasteiger partial charge in [-0.1, -0.05) is 19.1 Å². The third kappa shape index (κ3) is 5.89. The maximum Gasteiger partial charge on any atom is 0.207 e. The molecule has 6 nitrogen and oxygen atoms in total. The molecule has 0 spiro atoms. The standard InChI is InChI=1S/C21H26N4O.CH5N/c1-2-19-9-10-20(15-23-19)25-12-6-8-18-13-17(14-24-21(18)25)7-4-3-5-11-22-16-26;1-2/h2,9-10,13-16H,1,3-8,11-12H2,(H,22,26);2H2,1H3. The summed E-state index contributed by atoms with van der Waals surface area (Å²) in [6.07, 6.45) is 12.9. The lowest BCUT2D eigenvalue weighted by atomic mass is 10.0. The van der Waals surface area contributed by atoms with Crippen molar-refractivity contribution < 1.29 is 4.79 Å². The van der Waals surface area contributed by atoms with Gasteiger partial charge in [0.05, 0.1) is 17.6 Å². The third-order valence-corrected chi connectivity index (χ3v) is 4.74. The van der Waals surface area contributed by atoms with E-state index in [4.69, 9.17) is 4.98 Å². The first-order valence-corrected chi connectivity index (χ1v) is 9.90. The summed E-state index contributed by atoms with van der Waals surface area (Å²) in [5.41, 5.74) is 9.09. The van der Waals surface area contributed by atoms with Crippen molar-refractivity contribution in [1.29, 1.82) is 0 Å². The molecule has 6 heteroatoms. The summed E-state index contributed by atoms with van der Waals surface area (Å²) in [5, 5.41) is 2.71.